The molecule has 1 aliphatic carbocycles. The quantitative estimate of drug-likeness (QED) is 0.481. The molecule has 180 valence electrons. The van der Waals surface area contributed by atoms with Gasteiger partial charge in [0, 0.05) is 24.3 Å². The summed E-state index contributed by atoms with van der Waals surface area (Å²) < 4.78 is 67.2. The zero-order valence-corrected chi connectivity index (χ0v) is 20.6. The Morgan fingerprint density at radius 2 is 1.59 bits per heavy atom. The number of hydrogen-bond donors (Lipinski definition) is 3. The molecule has 0 saturated heterocycles. The lowest BCUT2D eigenvalue weighted by Crippen LogP contribution is -2.08. The van der Waals surface area contributed by atoms with Gasteiger partial charge in [0.2, 0.25) is 0 Å². The minimum atomic E-state index is -4.85. The smallest absolute Gasteiger partial charge is 0.295 e. The molecule has 0 radical (unpaired) electrons. The summed E-state index contributed by atoms with van der Waals surface area (Å²) in [5.41, 5.74) is 4.42. The summed E-state index contributed by atoms with van der Waals surface area (Å²) in [5, 5.41) is 3.25. The lowest BCUT2D eigenvalue weighted by molar-refractivity contribution is 0.481. The van der Waals surface area contributed by atoms with Gasteiger partial charge in [0.05, 0.1) is 10.6 Å². The van der Waals surface area contributed by atoms with Crippen LogP contribution in [0.3, 0.4) is 0 Å². The van der Waals surface area contributed by atoms with Crippen LogP contribution in [0.15, 0.2) is 81.1 Å². The largest absolute Gasteiger partial charge is 0.385 e. The number of rotatable bonds is 7. The number of allylic oxidation sites excluding steroid dienone is 5. The number of benzene rings is 2. The van der Waals surface area contributed by atoms with Crippen LogP contribution in [-0.2, 0) is 20.2 Å². The van der Waals surface area contributed by atoms with E-state index in [1.54, 1.807) is 24.3 Å². The van der Waals surface area contributed by atoms with E-state index in [9.17, 15) is 25.9 Å². The molecule has 0 atom stereocenters. The standard InChI is InChI=1S/C24H26N2O6S2/c1-4-25-19-9-6-17(7-10-19)24(18-8-13-22(26-5-2)16(3)14-18)21-12-11-20(33(27,28)29)15-23(21)34(30,31)32/h6-15,26H,4-5H2,1-3H3,(H,27,28,29)(H,30,31,32). The summed E-state index contributed by atoms with van der Waals surface area (Å²) in [6, 6.07) is 8.67. The molecule has 0 aliphatic heterocycles. The van der Waals surface area contributed by atoms with Gasteiger partial charge in [0.25, 0.3) is 20.2 Å². The van der Waals surface area contributed by atoms with Crippen molar-refractivity contribution in [3.8, 4) is 0 Å². The van der Waals surface area contributed by atoms with Gasteiger partial charge >= 0.3 is 0 Å². The third-order valence-corrected chi connectivity index (χ3v) is 6.92. The SMILES string of the molecule is CCN=C1C=CC(=C(c2ccc(NCC)c(C)c2)c2ccc(S(=O)(=O)O)cc2S(=O)(=O)O)C=C1. The Morgan fingerprint density at radius 3 is 2.12 bits per heavy atom. The Hall–Kier alpha value is -3.05. The molecule has 8 nitrogen and oxygen atoms in total. The van der Waals surface area contributed by atoms with Crippen molar-refractivity contribution >= 4 is 37.2 Å². The van der Waals surface area contributed by atoms with Gasteiger partial charge in [-0.2, -0.15) is 16.8 Å². The predicted molar refractivity (Wildman–Crippen MR) is 134 cm³/mol. The first-order chi connectivity index (χ1) is 16.0. The number of hydrogen-bond acceptors (Lipinski definition) is 6. The summed E-state index contributed by atoms with van der Waals surface area (Å²) >= 11 is 0. The van der Waals surface area contributed by atoms with E-state index in [0.717, 1.165) is 35.6 Å². The first-order valence-electron chi connectivity index (χ1n) is 10.5. The van der Waals surface area contributed by atoms with Crippen molar-refractivity contribution in [2.75, 3.05) is 18.4 Å². The zero-order valence-electron chi connectivity index (χ0n) is 19.0. The molecule has 10 heteroatoms. The number of nitrogens with zero attached hydrogens (tertiary/aromatic N) is 1. The molecule has 0 fully saturated rings. The van der Waals surface area contributed by atoms with Gasteiger partial charge in [-0.05, 0) is 79.5 Å². The highest BCUT2D eigenvalue weighted by atomic mass is 32.2. The van der Waals surface area contributed by atoms with E-state index >= 15 is 0 Å². The molecule has 0 saturated carbocycles. The van der Waals surface area contributed by atoms with Crippen LogP contribution in [0.2, 0.25) is 0 Å². The van der Waals surface area contributed by atoms with Crippen molar-refractivity contribution in [3.63, 3.8) is 0 Å². The van der Waals surface area contributed by atoms with Crippen molar-refractivity contribution in [1.82, 2.24) is 0 Å². The molecule has 3 rings (SSSR count). The number of nitrogens with one attached hydrogen (secondary N) is 1. The molecule has 0 aromatic heterocycles. The maximum absolute atomic E-state index is 12.3. The van der Waals surface area contributed by atoms with Crippen LogP contribution in [0.1, 0.15) is 30.5 Å². The fourth-order valence-electron chi connectivity index (χ4n) is 3.68. The lowest BCUT2D eigenvalue weighted by Gasteiger charge is -2.18. The molecule has 1 aliphatic rings. The topological polar surface area (TPSA) is 133 Å². The second-order valence-electron chi connectivity index (χ2n) is 7.56. The third-order valence-electron chi connectivity index (χ3n) is 5.18. The van der Waals surface area contributed by atoms with Gasteiger partial charge in [0.1, 0.15) is 4.90 Å². The molecule has 34 heavy (non-hydrogen) atoms. The molecule has 2 aromatic rings. The summed E-state index contributed by atoms with van der Waals surface area (Å²) in [6.45, 7) is 7.12. The third kappa shape index (κ3) is 5.71. The molecule has 3 N–H and O–H groups in total. The Balaban J connectivity index is 2.36. The number of anilines is 1. The number of aliphatic imine (C=N–C) groups is 1. The van der Waals surface area contributed by atoms with Crippen LogP contribution in [0.5, 0.6) is 0 Å². The van der Waals surface area contributed by atoms with E-state index in [-0.39, 0.29) is 5.56 Å². The second kappa shape index (κ2) is 10.1. The van der Waals surface area contributed by atoms with E-state index in [4.69, 9.17) is 0 Å². The van der Waals surface area contributed by atoms with Crippen LogP contribution < -0.4 is 5.32 Å². The maximum atomic E-state index is 12.3. The van der Waals surface area contributed by atoms with Crippen molar-refractivity contribution in [2.45, 2.75) is 30.6 Å². The molecule has 0 spiro atoms. The summed E-state index contributed by atoms with van der Waals surface area (Å²) in [6.07, 6.45) is 7.14. The van der Waals surface area contributed by atoms with Gasteiger partial charge < -0.3 is 5.32 Å². The summed E-state index contributed by atoms with van der Waals surface area (Å²) in [5.74, 6) is 0. The van der Waals surface area contributed by atoms with E-state index in [0.29, 0.717) is 23.3 Å². The molecule has 0 bridgehead atoms. The highest BCUT2D eigenvalue weighted by Crippen LogP contribution is 2.36. The monoisotopic (exact) mass is 502 g/mol. The predicted octanol–water partition coefficient (Wildman–Crippen LogP) is 4.31. The fourth-order valence-corrected chi connectivity index (χ4v) is 4.99. The average Bonchev–Trinajstić information content (AvgIpc) is 2.76. The first kappa shape index (κ1) is 25.6. The Labute approximate surface area is 199 Å². The Kier molecular flexibility index (Phi) is 7.57. The van der Waals surface area contributed by atoms with E-state index in [1.807, 2.05) is 39.0 Å². The number of aryl methyl sites for hydroxylation is 1. The molecule has 0 heterocycles. The minimum Gasteiger partial charge on any atom is -0.385 e. The zero-order chi connectivity index (χ0) is 25.1. The highest BCUT2D eigenvalue weighted by Gasteiger charge is 2.24. The molecule has 2 aromatic carbocycles. The van der Waals surface area contributed by atoms with E-state index < -0.39 is 30.0 Å². The van der Waals surface area contributed by atoms with Gasteiger partial charge in [-0.3, -0.25) is 14.1 Å². The van der Waals surface area contributed by atoms with Crippen LogP contribution in [0.25, 0.3) is 5.57 Å². The maximum Gasteiger partial charge on any atom is 0.295 e. The molecule has 0 amide bonds. The van der Waals surface area contributed by atoms with Crippen LogP contribution in [-0.4, -0.2) is 44.7 Å². The first-order valence-corrected chi connectivity index (χ1v) is 13.4. The minimum absolute atomic E-state index is 0.0886. The van der Waals surface area contributed by atoms with Crippen LogP contribution >= 0.6 is 0 Å². The Bertz CT molecular complexity index is 1430. The van der Waals surface area contributed by atoms with E-state index in [2.05, 4.69) is 10.3 Å². The Morgan fingerprint density at radius 1 is 0.912 bits per heavy atom. The second-order valence-corrected chi connectivity index (χ2v) is 10.4. The highest BCUT2D eigenvalue weighted by molar-refractivity contribution is 7.86. The molecular weight excluding hydrogens is 476 g/mol. The molecular formula is C24H26N2O6S2. The van der Waals surface area contributed by atoms with Gasteiger partial charge in [0.15, 0.2) is 0 Å². The van der Waals surface area contributed by atoms with Crippen molar-refractivity contribution < 1.29 is 25.9 Å². The average molecular weight is 503 g/mol. The van der Waals surface area contributed by atoms with Crippen molar-refractivity contribution in [1.29, 1.82) is 0 Å². The fraction of sp³-hybridized carbons (Fsp3) is 0.208. The van der Waals surface area contributed by atoms with Crippen LogP contribution in [0, 0.1) is 6.92 Å². The lowest BCUT2D eigenvalue weighted by atomic mass is 9.89. The van der Waals surface area contributed by atoms with Crippen molar-refractivity contribution in [2.24, 2.45) is 4.99 Å². The van der Waals surface area contributed by atoms with Gasteiger partial charge in [-0.1, -0.05) is 24.3 Å². The van der Waals surface area contributed by atoms with Crippen molar-refractivity contribution in [3.05, 3.63) is 83.0 Å². The summed E-state index contributed by atoms with van der Waals surface area (Å²) in [7, 11) is -9.54. The van der Waals surface area contributed by atoms with Gasteiger partial charge in [-0.25, -0.2) is 0 Å². The van der Waals surface area contributed by atoms with Gasteiger partial charge in [-0.15, -0.1) is 0 Å². The normalized spacial score (nSPS) is 13.8. The van der Waals surface area contributed by atoms with E-state index in [1.165, 1.54) is 6.07 Å². The molecule has 0 unspecified atom stereocenters. The summed E-state index contributed by atoms with van der Waals surface area (Å²) in [4.78, 5) is 3.08. The van der Waals surface area contributed by atoms with Crippen LogP contribution in [0.4, 0.5) is 5.69 Å².